The van der Waals surface area contributed by atoms with Crippen molar-refractivity contribution in [1.29, 1.82) is 0 Å². The van der Waals surface area contributed by atoms with Gasteiger partial charge in [0.1, 0.15) is 0 Å². The molecule has 1 atom stereocenters. The first-order valence-electron chi connectivity index (χ1n) is 9.63. The van der Waals surface area contributed by atoms with Gasteiger partial charge in [-0.1, -0.05) is 0 Å². The minimum Gasteiger partial charge on any atom is -0.147 e. The summed E-state index contributed by atoms with van der Waals surface area (Å²) in [6.45, 7) is 19.4. The van der Waals surface area contributed by atoms with Gasteiger partial charge in [-0.05, 0) is 0 Å². The number of halogens is 2. The zero-order valence-electron chi connectivity index (χ0n) is 18.1. The molecular formula is C23H35Cl2SiTi. The molecule has 0 aromatic carbocycles. The molecule has 0 spiro atoms. The molecule has 1 unspecified atom stereocenters. The molecule has 0 saturated carbocycles. The molecule has 0 aromatic rings. The molecule has 0 fully saturated rings. The maximum absolute atomic E-state index is 2.62. The van der Waals surface area contributed by atoms with Gasteiger partial charge in [-0.3, -0.25) is 0 Å². The molecule has 0 nitrogen and oxygen atoms in total. The van der Waals surface area contributed by atoms with Gasteiger partial charge in [-0.2, -0.15) is 0 Å². The minimum atomic E-state index is -2.52. The molecule has 0 aromatic heterocycles. The first-order valence-corrected chi connectivity index (χ1v) is 16.8. The molecule has 0 aliphatic heterocycles. The monoisotopic (exact) mass is 457 g/mol. The van der Waals surface area contributed by atoms with E-state index in [1.807, 2.05) is 11.6 Å². The molecule has 3 aliphatic rings. The molecule has 27 heavy (non-hydrogen) atoms. The predicted molar refractivity (Wildman–Crippen MR) is 125 cm³/mol. The van der Waals surface area contributed by atoms with E-state index in [0.717, 1.165) is 0 Å². The fourth-order valence-corrected chi connectivity index (χ4v) is 26.5. The van der Waals surface area contributed by atoms with E-state index >= 15 is 0 Å². The number of allylic oxidation sites excluding steroid dienone is 12. The molecule has 4 heteroatoms. The van der Waals surface area contributed by atoms with Crippen molar-refractivity contribution >= 4 is 31.0 Å². The number of hydrogen-bond donors (Lipinski definition) is 0. The van der Waals surface area contributed by atoms with Crippen molar-refractivity contribution in [2.24, 2.45) is 5.92 Å². The fraction of sp³-hybridized carbons (Fsp3) is 0.478. The Morgan fingerprint density at radius 2 is 1.26 bits per heavy atom. The number of rotatable bonds is 3. The molecule has 3 rings (SSSR count). The summed E-state index contributed by atoms with van der Waals surface area (Å²) in [5, 5.41) is 0. The Kier molecular flexibility index (Phi) is 8.50. The molecule has 0 bridgehead atoms. The topological polar surface area (TPSA) is 0 Å². The summed E-state index contributed by atoms with van der Waals surface area (Å²) in [4.78, 5) is 0. The minimum absolute atomic E-state index is 0. The van der Waals surface area contributed by atoms with E-state index in [1.165, 1.54) is 18.4 Å². The van der Waals surface area contributed by atoms with Gasteiger partial charge >= 0.3 is 159 Å². The molecule has 149 valence electrons. The van der Waals surface area contributed by atoms with E-state index in [9.17, 15) is 0 Å². The van der Waals surface area contributed by atoms with Gasteiger partial charge in [-0.25, -0.2) is 0 Å². The second-order valence-corrected chi connectivity index (χ2v) is 23.6. The van der Waals surface area contributed by atoms with Crippen LogP contribution in [0, 0.1) is 5.92 Å². The molecule has 0 radical (unpaired) electrons. The van der Waals surface area contributed by atoms with E-state index in [-0.39, 0.29) is 24.8 Å². The van der Waals surface area contributed by atoms with Crippen LogP contribution < -0.4 is 0 Å². The van der Waals surface area contributed by atoms with Crippen molar-refractivity contribution in [3.8, 4) is 0 Å². The van der Waals surface area contributed by atoms with Crippen LogP contribution in [0.3, 0.4) is 0 Å². The Balaban J connectivity index is 0.00000182. The van der Waals surface area contributed by atoms with Crippen LogP contribution in [0.4, 0.5) is 0 Å². The second kappa shape index (κ2) is 9.18. The van der Waals surface area contributed by atoms with Crippen LogP contribution in [0.15, 0.2) is 63.8 Å². The van der Waals surface area contributed by atoms with Gasteiger partial charge in [0.15, 0.2) is 0 Å². The summed E-state index contributed by atoms with van der Waals surface area (Å²) in [5.41, 5.74) is 7.84. The van der Waals surface area contributed by atoms with E-state index < -0.39 is 21.5 Å². The Bertz CT molecular complexity index is 841. The standard InChI is InChI=1S/3C7H9.C2H6Si.2ClH.Ti/c3*1-6-3-4-7(2)5-6;1-3-2;;;/h2*5H,3H2,1-2H3;3,5,7H,1-2H3;1-2H3;2*1H;. The fourth-order valence-electron chi connectivity index (χ4n) is 5.49. The number of hydrogen-bond acceptors (Lipinski definition) is 0. The molecule has 0 amide bonds. The zero-order valence-corrected chi connectivity index (χ0v) is 22.3. The Morgan fingerprint density at radius 1 is 0.815 bits per heavy atom. The normalized spacial score (nSPS) is 22.1. The van der Waals surface area contributed by atoms with Crippen molar-refractivity contribution in [2.45, 2.75) is 67.5 Å². The average Bonchev–Trinajstić information content (AvgIpc) is 3.11. The predicted octanol–water partition coefficient (Wildman–Crippen LogP) is 7.96. The van der Waals surface area contributed by atoms with Crippen LogP contribution in [0.2, 0.25) is 13.1 Å². The van der Waals surface area contributed by atoms with Crippen molar-refractivity contribution < 1.29 is 15.3 Å². The third-order valence-electron chi connectivity index (χ3n) is 6.26. The van der Waals surface area contributed by atoms with Crippen molar-refractivity contribution in [3.63, 3.8) is 0 Å². The van der Waals surface area contributed by atoms with Crippen LogP contribution in [0.1, 0.15) is 54.4 Å². The molecule has 3 aliphatic carbocycles. The summed E-state index contributed by atoms with van der Waals surface area (Å²) < 4.78 is 5.62. The summed E-state index contributed by atoms with van der Waals surface area (Å²) >= 11 is -2.52. The van der Waals surface area contributed by atoms with Gasteiger partial charge < -0.3 is 0 Å². The molecule has 0 saturated heterocycles. The summed E-state index contributed by atoms with van der Waals surface area (Å²) in [5.74, 6) is 0.627. The van der Waals surface area contributed by atoms with Gasteiger partial charge in [-0.15, -0.1) is 24.8 Å². The van der Waals surface area contributed by atoms with Crippen molar-refractivity contribution in [3.05, 3.63) is 63.8 Å². The van der Waals surface area contributed by atoms with Gasteiger partial charge in [0.2, 0.25) is 0 Å². The molecular weight excluding hydrogens is 423 g/mol. The van der Waals surface area contributed by atoms with Crippen LogP contribution in [-0.4, -0.2) is 6.19 Å². The van der Waals surface area contributed by atoms with E-state index in [0.29, 0.717) is 5.92 Å². The van der Waals surface area contributed by atoms with Crippen molar-refractivity contribution in [2.75, 3.05) is 0 Å². The van der Waals surface area contributed by atoms with E-state index in [4.69, 9.17) is 0 Å². The van der Waals surface area contributed by atoms with Crippen molar-refractivity contribution in [1.82, 2.24) is 0 Å². The van der Waals surface area contributed by atoms with Crippen LogP contribution in [-0.2, 0) is 15.3 Å². The average molecular weight is 458 g/mol. The maximum atomic E-state index is 2.62. The first kappa shape index (κ1) is 25.0. The maximum Gasteiger partial charge on any atom is -0.147 e. The molecule has 0 heterocycles. The Morgan fingerprint density at radius 3 is 1.52 bits per heavy atom. The molecule has 0 N–H and O–H groups in total. The van der Waals surface area contributed by atoms with Gasteiger partial charge in [0, 0.05) is 0 Å². The zero-order chi connectivity index (χ0) is 18.5. The van der Waals surface area contributed by atoms with Gasteiger partial charge in [0.25, 0.3) is 0 Å². The van der Waals surface area contributed by atoms with Crippen LogP contribution in [0.25, 0.3) is 0 Å². The Hall–Kier alpha value is -0.0488. The third kappa shape index (κ3) is 4.14. The van der Waals surface area contributed by atoms with Crippen LogP contribution in [0.5, 0.6) is 0 Å². The largest absolute Gasteiger partial charge is 0.147 e. The van der Waals surface area contributed by atoms with Gasteiger partial charge in [0.05, 0.1) is 0 Å². The summed E-state index contributed by atoms with van der Waals surface area (Å²) in [7, 11) is 0. The van der Waals surface area contributed by atoms with E-state index in [2.05, 4.69) is 78.9 Å². The van der Waals surface area contributed by atoms with Crippen LogP contribution >= 0.6 is 24.8 Å². The van der Waals surface area contributed by atoms with E-state index in [1.54, 1.807) is 22.3 Å². The SMILES string of the molecule is CC1=CC(C)[C]([Ti]([C]2=C(C)C=C(C)C2)([C]2=C(C)C=C(C)C2)=[Si](C)C)=C1.Cl.Cl. The third-order valence-corrected chi connectivity index (χ3v) is 25.4. The summed E-state index contributed by atoms with van der Waals surface area (Å²) in [6, 6.07) is 0. The second-order valence-electron chi connectivity index (χ2n) is 8.71. The quantitative estimate of drug-likeness (QED) is 0.377. The Labute approximate surface area is 182 Å². The summed E-state index contributed by atoms with van der Waals surface area (Å²) in [6.07, 6.45) is 12.1. The smallest absolute Gasteiger partial charge is 0.147 e. The first-order chi connectivity index (χ1) is 11.7.